The number of carbonyl (C=O) groups excluding carboxylic acids is 1. The van der Waals surface area contributed by atoms with Crippen LogP contribution in [0, 0.1) is 6.92 Å². The van der Waals surface area contributed by atoms with Gasteiger partial charge in [-0.3, -0.25) is 4.79 Å². The lowest BCUT2D eigenvalue weighted by Gasteiger charge is -2.31. The number of hydrogen-bond acceptors (Lipinski definition) is 6. The Bertz CT molecular complexity index is 1160. The summed E-state index contributed by atoms with van der Waals surface area (Å²) in [6, 6.07) is 12.3. The molecule has 0 N–H and O–H groups in total. The van der Waals surface area contributed by atoms with E-state index < -0.39 is 11.6 Å². The Morgan fingerprint density at radius 3 is 2.65 bits per heavy atom. The van der Waals surface area contributed by atoms with E-state index in [1.54, 1.807) is 0 Å². The first kappa shape index (κ1) is 21.0. The summed E-state index contributed by atoms with van der Waals surface area (Å²) in [6.45, 7) is 5.02. The van der Waals surface area contributed by atoms with Crippen LogP contribution in [0.2, 0.25) is 0 Å². The summed E-state index contributed by atoms with van der Waals surface area (Å²) < 4.78 is 16.4. The summed E-state index contributed by atoms with van der Waals surface area (Å²) in [5, 5.41) is 0.803. The maximum atomic E-state index is 12.6. The number of carbonyl (C=O) groups is 1. The molecule has 0 spiro atoms. The third-order valence-corrected chi connectivity index (χ3v) is 5.91. The summed E-state index contributed by atoms with van der Waals surface area (Å²) in [7, 11) is 1.30. The van der Waals surface area contributed by atoms with Crippen molar-refractivity contribution in [3.05, 3.63) is 69.1 Å². The van der Waals surface area contributed by atoms with Crippen molar-refractivity contribution in [3.63, 3.8) is 0 Å². The minimum atomic E-state index is -0.513. The van der Waals surface area contributed by atoms with Crippen molar-refractivity contribution in [2.24, 2.45) is 0 Å². The Morgan fingerprint density at radius 2 is 1.94 bits per heavy atom. The van der Waals surface area contributed by atoms with Gasteiger partial charge in [-0.25, -0.2) is 4.79 Å². The second kappa shape index (κ2) is 8.84. The van der Waals surface area contributed by atoms with Gasteiger partial charge in [0.1, 0.15) is 11.3 Å². The molecular formula is C25H27NO5. The highest BCUT2D eigenvalue weighted by molar-refractivity contribution is 5.87. The van der Waals surface area contributed by atoms with Crippen LogP contribution in [0.1, 0.15) is 42.0 Å². The zero-order chi connectivity index (χ0) is 22.0. The van der Waals surface area contributed by atoms with Crippen LogP contribution in [0.4, 0.5) is 5.69 Å². The number of methoxy groups -OCH3 is 1. The molecule has 2 aromatic carbocycles. The van der Waals surface area contributed by atoms with Crippen molar-refractivity contribution in [2.45, 2.75) is 46.1 Å². The molecule has 0 fully saturated rings. The Labute approximate surface area is 181 Å². The molecule has 0 unspecified atom stereocenters. The van der Waals surface area contributed by atoms with Gasteiger partial charge in [0.25, 0.3) is 0 Å². The lowest BCUT2D eigenvalue weighted by Crippen LogP contribution is -2.32. The van der Waals surface area contributed by atoms with Crippen LogP contribution in [0.5, 0.6) is 5.75 Å². The number of hydrogen-bond donors (Lipinski definition) is 0. The largest absolute Gasteiger partial charge is 0.473 e. The molecule has 4 rings (SSSR count). The number of aryl methyl sites for hydroxylation is 2. The van der Waals surface area contributed by atoms with Crippen molar-refractivity contribution in [1.82, 2.24) is 0 Å². The standard InChI is InChI=1S/C25H27NO5/c1-4-5-6-17-7-9-18(10-8-17)26-14-21-22(30-15-26)12-11-19-16(2)20(13-23(27)29-3)25(28)31-24(19)21/h7-12H,4-6,13-15H2,1-3H3. The number of nitrogens with zero attached hydrogens (tertiary/aromatic N) is 1. The van der Waals surface area contributed by atoms with Crippen LogP contribution < -0.4 is 15.3 Å². The molecule has 1 aliphatic heterocycles. The van der Waals surface area contributed by atoms with Crippen molar-refractivity contribution in [1.29, 1.82) is 0 Å². The van der Waals surface area contributed by atoms with E-state index in [0.29, 0.717) is 30.2 Å². The Hall–Kier alpha value is -3.28. The van der Waals surface area contributed by atoms with E-state index >= 15 is 0 Å². The van der Waals surface area contributed by atoms with Gasteiger partial charge in [0.15, 0.2) is 6.73 Å². The summed E-state index contributed by atoms with van der Waals surface area (Å²) in [5.74, 6) is 0.246. The van der Waals surface area contributed by atoms with Crippen LogP contribution >= 0.6 is 0 Å². The third kappa shape index (κ3) is 4.15. The molecule has 0 atom stereocenters. The first-order valence-corrected chi connectivity index (χ1v) is 10.6. The number of ether oxygens (including phenoxy) is 2. The molecule has 0 bridgehead atoms. The molecule has 0 radical (unpaired) electrons. The van der Waals surface area contributed by atoms with E-state index in [1.807, 2.05) is 19.1 Å². The number of unbranched alkanes of at least 4 members (excludes halogenated alkanes) is 1. The molecule has 6 nitrogen and oxygen atoms in total. The molecule has 6 heteroatoms. The SMILES string of the molecule is CCCCc1ccc(N2COc3ccc4c(C)c(CC(=O)OC)c(=O)oc4c3C2)cc1. The van der Waals surface area contributed by atoms with Crippen LogP contribution in [-0.2, 0) is 28.9 Å². The fraction of sp³-hybridized carbons (Fsp3) is 0.360. The molecule has 0 aliphatic carbocycles. The highest BCUT2D eigenvalue weighted by Crippen LogP contribution is 2.35. The number of fused-ring (bicyclic) bond motifs is 3. The van der Waals surface area contributed by atoms with E-state index in [9.17, 15) is 9.59 Å². The van der Waals surface area contributed by atoms with E-state index in [0.717, 1.165) is 28.6 Å². The van der Waals surface area contributed by atoms with Gasteiger partial charge < -0.3 is 18.8 Å². The van der Waals surface area contributed by atoms with E-state index in [4.69, 9.17) is 13.9 Å². The van der Waals surface area contributed by atoms with Crippen LogP contribution in [0.25, 0.3) is 11.0 Å². The normalized spacial score (nSPS) is 13.1. The van der Waals surface area contributed by atoms with E-state index in [2.05, 4.69) is 36.1 Å². The Balaban J connectivity index is 1.68. The molecule has 1 aromatic heterocycles. The lowest BCUT2D eigenvalue weighted by molar-refractivity contribution is -0.139. The minimum absolute atomic E-state index is 0.106. The van der Waals surface area contributed by atoms with Crippen molar-refractivity contribution in [3.8, 4) is 5.75 Å². The summed E-state index contributed by atoms with van der Waals surface area (Å²) >= 11 is 0. The molecule has 1 aliphatic rings. The molecule has 31 heavy (non-hydrogen) atoms. The predicted octanol–water partition coefficient (Wildman–Crippen LogP) is 4.52. The molecule has 2 heterocycles. The molecule has 162 valence electrons. The van der Waals surface area contributed by atoms with Crippen molar-refractivity contribution >= 4 is 22.6 Å². The monoisotopic (exact) mass is 421 g/mol. The Kier molecular flexibility index (Phi) is 5.98. The van der Waals surface area contributed by atoms with E-state index in [-0.39, 0.29) is 6.42 Å². The zero-order valence-electron chi connectivity index (χ0n) is 18.2. The minimum Gasteiger partial charge on any atom is -0.473 e. The molecule has 0 saturated heterocycles. The summed E-state index contributed by atoms with van der Waals surface area (Å²) in [4.78, 5) is 26.5. The first-order chi connectivity index (χ1) is 15.0. The van der Waals surface area contributed by atoms with Gasteiger partial charge in [-0.15, -0.1) is 0 Å². The quantitative estimate of drug-likeness (QED) is 0.431. The van der Waals surface area contributed by atoms with Crippen molar-refractivity contribution in [2.75, 3.05) is 18.7 Å². The zero-order valence-corrected chi connectivity index (χ0v) is 18.2. The topological polar surface area (TPSA) is 69.0 Å². The average molecular weight is 421 g/mol. The van der Waals surface area contributed by atoms with Crippen LogP contribution in [0.15, 0.2) is 45.6 Å². The highest BCUT2D eigenvalue weighted by atomic mass is 16.5. The Morgan fingerprint density at radius 1 is 1.16 bits per heavy atom. The predicted molar refractivity (Wildman–Crippen MR) is 120 cm³/mol. The van der Waals surface area contributed by atoms with Gasteiger partial charge in [0, 0.05) is 11.1 Å². The summed E-state index contributed by atoms with van der Waals surface area (Å²) in [5.41, 5.74) is 4.29. The average Bonchev–Trinajstić information content (AvgIpc) is 2.80. The van der Waals surface area contributed by atoms with E-state index in [1.165, 1.54) is 25.5 Å². The van der Waals surface area contributed by atoms with Gasteiger partial charge >= 0.3 is 11.6 Å². The lowest BCUT2D eigenvalue weighted by atomic mass is 10.00. The third-order valence-electron chi connectivity index (χ3n) is 5.91. The number of rotatable bonds is 6. The van der Waals surface area contributed by atoms with Gasteiger partial charge in [-0.05, 0) is 55.2 Å². The second-order valence-corrected chi connectivity index (χ2v) is 7.91. The molecule has 0 saturated carbocycles. The highest BCUT2D eigenvalue weighted by Gasteiger charge is 2.24. The molecule has 0 amide bonds. The van der Waals surface area contributed by atoms with Gasteiger partial charge in [-0.1, -0.05) is 25.5 Å². The maximum Gasteiger partial charge on any atom is 0.340 e. The molecule has 3 aromatic rings. The number of esters is 1. The fourth-order valence-electron chi connectivity index (χ4n) is 4.00. The van der Waals surface area contributed by atoms with Gasteiger partial charge in [0.05, 0.1) is 31.2 Å². The number of anilines is 1. The maximum absolute atomic E-state index is 12.6. The van der Waals surface area contributed by atoms with Crippen LogP contribution in [-0.4, -0.2) is 19.8 Å². The van der Waals surface area contributed by atoms with Crippen LogP contribution in [0.3, 0.4) is 0 Å². The fourth-order valence-corrected chi connectivity index (χ4v) is 4.00. The molecular weight excluding hydrogens is 394 g/mol. The number of benzene rings is 2. The van der Waals surface area contributed by atoms with Gasteiger partial charge in [-0.2, -0.15) is 0 Å². The summed E-state index contributed by atoms with van der Waals surface area (Å²) in [6.07, 6.45) is 3.34. The first-order valence-electron chi connectivity index (χ1n) is 10.6. The smallest absolute Gasteiger partial charge is 0.340 e. The second-order valence-electron chi connectivity index (χ2n) is 7.91. The van der Waals surface area contributed by atoms with Gasteiger partial charge in [0.2, 0.25) is 0 Å². The van der Waals surface area contributed by atoms with Crippen molar-refractivity contribution < 1.29 is 18.7 Å².